The van der Waals surface area contributed by atoms with Crippen LogP contribution >= 0.6 is 0 Å². The van der Waals surface area contributed by atoms with Gasteiger partial charge in [-0.05, 0) is 43.3 Å². The number of carbonyl (C=O) groups excluding carboxylic acids is 1. The van der Waals surface area contributed by atoms with Crippen molar-refractivity contribution in [1.29, 1.82) is 0 Å². The molecule has 0 saturated carbocycles. The van der Waals surface area contributed by atoms with Gasteiger partial charge in [-0.3, -0.25) is 9.69 Å². The van der Waals surface area contributed by atoms with Crippen LogP contribution in [0.15, 0.2) is 53.4 Å². The number of methoxy groups -OCH3 is 1. The molecule has 0 bridgehead atoms. The first-order valence-electron chi connectivity index (χ1n) is 9.61. The molecular weight excluding hydrogens is 390 g/mol. The number of carbonyl (C=O) groups is 1. The molecule has 2 aromatic carbocycles. The fourth-order valence-corrected chi connectivity index (χ4v) is 4.73. The summed E-state index contributed by atoms with van der Waals surface area (Å²) in [4.78, 5) is 14.6. The van der Waals surface area contributed by atoms with E-state index in [2.05, 4.69) is 10.2 Å². The van der Waals surface area contributed by atoms with Crippen LogP contribution in [0.5, 0.6) is 5.75 Å². The first-order valence-corrected chi connectivity index (χ1v) is 11.1. The molecule has 1 amide bonds. The average Bonchev–Trinajstić information content (AvgIpc) is 2.74. The highest BCUT2D eigenvalue weighted by Crippen LogP contribution is 2.20. The fraction of sp³-hybridized carbons (Fsp3) is 0.381. The van der Waals surface area contributed by atoms with Crippen LogP contribution in [-0.2, 0) is 10.0 Å². The number of hydrogen-bond donors (Lipinski definition) is 1. The van der Waals surface area contributed by atoms with E-state index in [0.717, 1.165) is 5.56 Å². The van der Waals surface area contributed by atoms with Gasteiger partial charge >= 0.3 is 0 Å². The quantitative estimate of drug-likeness (QED) is 0.742. The third kappa shape index (κ3) is 5.35. The molecule has 1 heterocycles. The van der Waals surface area contributed by atoms with Gasteiger partial charge in [0.25, 0.3) is 5.91 Å². The summed E-state index contributed by atoms with van der Waals surface area (Å²) in [7, 11) is -1.96. The monoisotopic (exact) mass is 417 g/mol. The molecule has 0 atom stereocenters. The molecule has 0 spiro atoms. The summed E-state index contributed by atoms with van der Waals surface area (Å²) in [6, 6.07) is 13.9. The van der Waals surface area contributed by atoms with Crippen molar-refractivity contribution in [2.24, 2.45) is 0 Å². The Bertz CT molecular complexity index is 937. The summed E-state index contributed by atoms with van der Waals surface area (Å²) in [5.41, 5.74) is 1.70. The molecule has 3 rings (SSSR count). The molecule has 0 aliphatic carbocycles. The molecule has 1 N–H and O–H groups in total. The van der Waals surface area contributed by atoms with Crippen molar-refractivity contribution in [3.8, 4) is 5.75 Å². The summed E-state index contributed by atoms with van der Waals surface area (Å²) in [6.07, 6.45) is 0. The van der Waals surface area contributed by atoms with E-state index in [1.165, 1.54) is 4.31 Å². The van der Waals surface area contributed by atoms with Crippen LogP contribution in [0.2, 0.25) is 0 Å². The van der Waals surface area contributed by atoms with Gasteiger partial charge < -0.3 is 10.1 Å². The smallest absolute Gasteiger partial charge is 0.251 e. The van der Waals surface area contributed by atoms with E-state index >= 15 is 0 Å². The van der Waals surface area contributed by atoms with Crippen LogP contribution in [0, 0.1) is 6.92 Å². The lowest BCUT2D eigenvalue weighted by molar-refractivity contribution is 0.0945. The van der Waals surface area contributed by atoms with E-state index < -0.39 is 10.0 Å². The number of nitrogens with zero attached hydrogens (tertiary/aromatic N) is 2. The standard InChI is InChI=1S/C21H27N3O4S/c1-17-4-3-5-18(16-17)21(25)22-10-11-23-12-14-24(15-13-23)29(26,27)20-8-6-19(28-2)7-9-20/h3-9,16H,10-15H2,1-2H3,(H,22,25). The van der Waals surface area contributed by atoms with E-state index in [4.69, 9.17) is 4.74 Å². The third-order valence-corrected chi connectivity index (χ3v) is 6.94. The maximum absolute atomic E-state index is 12.8. The van der Waals surface area contributed by atoms with Crippen molar-refractivity contribution in [1.82, 2.24) is 14.5 Å². The van der Waals surface area contributed by atoms with Gasteiger partial charge in [-0.25, -0.2) is 8.42 Å². The number of rotatable bonds is 7. The molecular formula is C21H27N3O4S. The Kier molecular flexibility index (Phi) is 6.89. The molecule has 1 aliphatic rings. The molecule has 0 unspecified atom stereocenters. The zero-order chi connectivity index (χ0) is 20.9. The second-order valence-corrected chi connectivity index (χ2v) is 8.98. The number of hydrogen-bond acceptors (Lipinski definition) is 5. The number of benzene rings is 2. The second-order valence-electron chi connectivity index (χ2n) is 7.05. The lowest BCUT2D eigenvalue weighted by Gasteiger charge is -2.34. The van der Waals surface area contributed by atoms with Gasteiger partial charge in [0.05, 0.1) is 12.0 Å². The van der Waals surface area contributed by atoms with Crippen molar-refractivity contribution < 1.29 is 17.9 Å². The Hall–Kier alpha value is -2.42. The van der Waals surface area contributed by atoms with Crippen molar-refractivity contribution >= 4 is 15.9 Å². The first kappa shape index (κ1) is 21.3. The van der Waals surface area contributed by atoms with Crippen molar-refractivity contribution in [2.75, 3.05) is 46.4 Å². The molecule has 0 aromatic heterocycles. The topological polar surface area (TPSA) is 79.0 Å². The van der Waals surface area contributed by atoms with E-state index in [9.17, 15) is 13.2 Å². The van der Waals surface area contributed by atoms with E-state index in [1.807, 2.05) is 25.1 Å². The summed E-state index contributed by atoms with van der Waals surface area (Å²) in [5.74, 6) is 0.538. The summed E-state index contributed by atoms with van der Waals surface area (Å²) < 4.78 is 32.2. The molecule has 156 valence electrons. The molecule has 1 fully saturated rings. The second kappa shape index (κ2) is 9.39. The van der Waals surface area contributed by atoms with Crippen LogP contribution in [0.4, 0.5) is 0 Å². The van der Waals surface area contributed by atoms with Gasteiger partial charge in [0, 0.05) is 44.8 Å². The molecule has 1 aliphatic heterocycles. The molecule has 29 heavy (non-hydrogen) atoms. The van der Waals surface area contributed by atoms with Crippen LogP contribution in [0.1, 0.15) is 15.9 Å². The predicted octanol–water partition coefficient (Wildman–Crippen LogP) is 1.74. The highest BCUT2D eigenvalue weighted by molar-refractivity contribution is 7.89. The summed E-state index contributed by atoms with van der Waals surface area (Å²) >= 11 is 0. The van der Waals surface area contributed by atoms with E-state index in [-0.39, 0.29) is 10.8 Å². The molecule has 7 nitrogen and oxygen atoms in total. The number of sulfonamides is 1. The molecule has 2 aromatic rings. The normalized spacial score (nSPS) is 15.8. The molecule has 0 radical (unpaired) electrons. The van der Waals surface area contributed by atoms with Gasteiger partial charge in [0.15, 0.2) is 0 Å². The lowest BCUT2D eigenvalue weighted by atomic mass is 10.1. The minimum atomic E-state index is -3.50. The maximum Gasteiger partial charge on any atom is 0.251 e. The Morgan fingerprint density at radius 3 is 2.38 bits per heavy atom. The highest BCUT2D eigenvalue weighted by Gasteiger charge is 2.28. The minimum Gasteiger partial charge on any atom is -0.497 e. The van der Waals surface area contributed by atoms with Gasteiger partial charge in [-0.1, -0.05) is 17.7 Å². The van der Waals surface area contributed by atoms with Crippen molar-refractivity contribution in [3.05, 3.63) is 59.7 Å². The Balaban J connectivity index is 1.47. The van der Waals surface area contributed by atoms with Crippen LogP contribution in [-0.4, -0.2) is 69.9 Å². The predicted molar refractivity (Wildman–Crippen MR) is 112 cm³/mol. The summed E-state index contributed by atoms with van der Waals surface area (Å²) in [6.45, 7) is 5.30. The Labute approximate surface area is 172 Å². The van der Waals surface area contributed by atoms with Gasteiger partial charge in [-0.15, -0.1) is 0 Å². The zero-order valence-electron chi connectivity index (χ0n) is 16.8. The van der Waals surface area contributed by atoms with Crippen LogP contribution in [0.25, 0.3) is 0 Å². The van der Waals surface area contributed by atoms with Crippen molar-refractivity contribution in [3.63, 3.8) is 0 Å². The van der Waals surface area contributed by atoms with Crippen LogP contribution < -0.4 is 10.1 Å². The van der Waals surface area contributed by atoms with E-state index in [0.29, 0.717) is 50.6 Å². The maximum atomic E-state index is 12.8. The highest BCUT2D eigenvalue weighted by atomic mass is 32.2. The Morgan fingerprint density at radius 1 is 1.07 bits per heavy atom. The third-order valence-electron chi connectivity index (χ3n) is 5.02. The zero-order valence-corrected chi connectivity index (χ0v) is 17.6. The van der Waals surface area contributed by atoms with E-state index in [1.54, 1.807) is 37.4 Å². The van der Waals surface area contributed by atoms with Crippen molar-refractivity contribution in [2.45, 2.75) is 11.8 Å². The minimum absolute atomic E-state index is 0.0885. The van der Waals surface area contributed by atoms with Gasteiger partial charge in [-0.2, -0.15) is 4.31 Å². The number of piperazine rings is 1. The van der Waals surface area contributed by atoms with Gasteiger partial charge in [0.2, 0.25) is 10.0 Å². The molecule has 1 saturated heterocycles. The number of nitrogens with one attached hydrogen (secondary N) is 1. The first-order chi connectivity index (χ1) is 13.9. The number of amides is 1. The SMILES string of the molecule is COc1ccc(S(=O)(=O)N2CCN(CCNC(=O)c3cccc(C)c3)CC2)cc1. The van der Waals surface area contributed by atoms with Gasteiger partial charge in [0.1, 0.15) is 5.75 Å². The molecule has 8 heteroatoms. The largest absolute Gasteiger partial charge is 0.497 e. The van der Waals surface area contributed by atoms with Crippen LogP contribution in [0.3, 0.4) is 0 Å². The summed E-state index contributed by atoms with van der Waals surface area (Å²) in [5, 5.41) is 2.93. The average molecular weight is 418 g/mol. The Morgan fingerprint density at radius 2 is 1.76 bits per heavy atom. The lowest BCUT2D eigenvalue weighted by Crippen LogP contribution is -2.50. The number of aryl methyl sites for hydroxylation is 1. The number of ether oxygens (including phenoxy) is 1. The fourth-order valence-electron chi connectivity index (χ4n) is 3.31.